The minimum Gasteiger partial charge on any atom is -0.480 e. The molecule has 0 radical (unpaired) electrons. The molecule has 52 heavy (non-hydrogen) atoms. The summed E-state index contributed by atoms with van der Waals surface area (Å²) in [5.41, 5.74) is 2.10. The van der Waals surface area contributed by atoms with Crippen LogP contribution in [-0.4, -0.2) is 69.1 Å². The summed E-state index contributed by atoms with van der Waals surface area (Å²) in [6.07, 6.45) is -3.46. The number of aliphatic carboxylic acids is 1. The summed E-state index contributed by atoms with van der Waals surface area (Å²) in [7, 11) is 0. The number of amides is 3. The van der Waals surface area contributed by atoms with E-state index in [4.69, 9.17) is 16.3 Å². The molecule has 4 aromatic rings. The van der Waals surface area contributed by atoms with Crippen LogP contribution in [0, 0.1) is 6.92 Å². The Labute approximate surface area is 299 Å². The van der Waals surface area contributed by atoms with Crippen LogP contribution in [-0.2, 0) is 19.9 Å². The van der Waals surface area contributed by atoms with E-state index in [9.17, 15) is 37.5 Å². The SMILES string of the molecule is Cc1ccc(NC(=O)C(=O)NCC[C@H](NC(=O)c2ccc(Nc3nc(NC4(c5ccc(Cl)cc5)CC4)nc(OCC(F)(F)F)n3)cc2)C(=O)O)cc1. The number of aromatic nitrogens is 3. The molecule has 0 aliphatic heterocycles. The van der Waals surface area contributed by atoms with E-state index in [-0.39, 0.29) is 30.4 Å². The molecular weight excluding hydrogens is 709 g/mol. The van der Waals surface area contributed by atoms with E-state index in [1.54, 1.807) is 36.4 Å². The molecule has 18 heteroatoms. The van der Waals surface area contributed by atoms with Gasteiger partial charge in [-0.15, -0.1) is 0 Å². The number of carbonyl (C=O) groups is 4. The number of nitrogens with one attached hydrogen (secondary N) is 5. The second-order valence-electron chi connectivity index (χ2n) is 11.8. The largest absolute Gasteiger partial charge is 0.480 e. The highest BCUT2D eigenvalue weighted by molar-refractivity contribution is 6.39. The maximum atomic E-state index is 12.9. The minimum atomic E-state index is -4.64. The van der Waals surface area contributed by atoms with E-state index >= 15 is 0 Å². The van der Waals surface area contributed by atoms with Gasteiger partial charge in [-0.3, -0.25) is 14.4 Å². The van der Waals surface area contributed by atoms with E-state index in [1.165, 1.54) is 24.3 Å². The molecule has 3 aromatic carbocycles. The summed E-state index contributed by atoms with van der Waals surface area (Å²) in [6, 6.07) is 17.5. The minimum absolute atomic E-state index is 0.0408. The number of hydrogen-bond donors (Lipinski definition) is 6. The lowest BCUT2D eigenvalue weighted by molar-refractivity contribution is -0.154. The first-order chi connectivity index (χ1) is 24.7. The number of alkyl halides is 3. The van der Waals surface area contributed by atoms with Crippen LogP contribution < -0.4 is 31.3 Å². The first-order valence-electron chi connectivity index (χ1n) is 15.7. The Bertz CT molecular complexity index is 1930. The lowest BCUT2D eigenvalue weighted by Gasteiger charge is -2.19. The van der Waals surface area contributed by atoms with Gasteiger partial charge in [0.05, 0.1) is 5.54 Å². The second-order valence-corrected chi connectivity index (χ2v) is 12.3. The zero-order valence-corrected chi connectivity index (χ0v) is 28.1. The third kappa shape index (κ3) is 10.5. The van der Waals surface area contributed by atoms with Gasteiger partial charge in [0.1, 0.15) is 6.04 Å². The molecule has 5 rings (SSSR count). The zero-order chi connectivity index (χ0) is 37.5. The van der Waals surface area contributed by atoms with Crippen LogP contribution in [0.25, 0.3) is 0 Å². The van der Waals surface area contributed by atoms with Gasteiger partial charge in [0, 0.05) is 28.5 Å². The van der Waals surface area contributed by atoms with E-state index in [1.807, 2.05) is 19.1 Å². The first-order valence-corrected chi connectivity index (χ1v) is 16.1. The van der Waals surface area contributed by atoms with Crippen molar-refractivity contribution in [2.24, 2.45) is 0 Å². The Morgan fingerprint density at radius 3 is 2.13 bits per heavy atom. The van der Waals surface area contributed by atoms with E-state index < -0.39 is 54.1 Å². The molecule has 1 aromatic heterocycles. The van der Waals surface area contributed by atoms with Crippen molar-refractivity contribution in [3.8, 4) is 6.01 Å². The molecule has 0 spiro atoms. The molecule has 1 aliphatic rings. The molecule has 1 aliphatic carbocycles. The van der Waals surface area contributed by atoms with Crippen LogP contribution in [0.5, 0.6) is 6.01 Å². The number of carboxylic acids is 1. The van der Waals surface area contributed by atoms with Gasteiger partial charge < -0.3 is 36.4 Å². The van der Waals surface area contributed by atoms with Crippen molar-refractivity contribution in [1.82, 2.24) is 25.6 Å². The normalized spacial score (nSPS) is 13.6. The number of benzene rings is 3. The Morgan fingerprint density at radius 1 is 0.885 bits per heavy atom. The molecule has 0 unspecified atom stereocenters. The third-order valence-electron chi connectivity index (χ3n) is 7.72. The quantitative estimate of drug-likeness (QED) is 0.0958. The average molecular weight is 741 g/mol. The fourth-order valence-electron chi connectivity index (χ4n) is 4.84. The fraction of sp³-hybridized carbons (Fsp3) is 0.265. The van der Waals surface area contributed by atoms with Gasteiger partial charge in [0.15, 0.2) is 6.61 Å². The van der Waals surface area contributed by atoms with Crippen molar-refractivity contribution in [2.75, 3.05) is 29.1 Å². The average Bonchev–Trinajstić information content (AvgIpc) is 3.88. The van der Waals surface area contributed by atoms with Crippen LogP contribution in [0.2, 0.25) is 5.02 Å². The van der Waals surface area contributed by atoms with Gasteiger partial charge in [-0.25, -0.2) is 4.79 Å². The smallest absolute Gasteiger partial charge is 0.422 e. The molecule has 6 N–H and O–H groups in total. The molecule has 3 amide bonds. The summed E-state index contributed by atoms with van der Waals surface area (Å²) in [5.74, 6) is -4.22. The predicted molar refractivity (Wildman–Crippen MR) is 183 cm³/mol. The Hall–Kier alpha value is -5.97. The molecule has 1 fully saturated rings. The van der Waals surface area contributed by atoms with Gasteiger partial charge in [-0.05, 0) is 80.3 Å². The maximum Gasteiger partial charge on any atom is 0.422 e. The van der Waals surface area contributed by atoms with Crippen LogP contribution in [0.3, 0.4) is 0 Å². The van der Waals surface area contributed by atoms with Crippen molar-refractivity contribution in [3.05, 3.63) is 94.5 Å². The lowest BCUT2D eigenvalue weighted by atomic mass is 10.1. The monoisotopic (exact) mass is 740 g/mol. The molecule has 272 valence electrons. The van der Waals surface area contributed by atoms with Crippen LogP contribution in [0.4, 0.5) is 36.4 Å². The third-order valence-corrected chi connectivity index (χ3v) is 7.97. The van der Waals surface area contributed by atoms with Gasteiger partial charge in [-0.2, -0.15) is 28.1 Å². The summed E-state index contributed by atoms with van der Waals surface area (Å²) >= 11 is 6.01. The van der Waals surface area contributed by atoms with Crippen molar-refractivity contribution in [3.63, 3.8) is 0 Å². The van der Waals surface area contributed by atoms with E-state index in [0.29, 0.717) is 29.2 Å². The summed E-state index contributed by atoms with van der Waals surface area (Å²) in [4.78, 5) is 61.3. The molecular formula is C34H32ClF3N8O6. The van der Waals surface area contributed by atoms with Gasteiger partial charge in [0.2, 0.25) is 11.9 Å². The Balaban J connectivity index is 1.19. The lowest BCUT2D eigenvalue weighted by Crippen LogP contribution is -2.44. The number of rotatable bonds is 14. The number of nitrogens with zero attached hydrogens (tertiary/aromatic N) is 3. The fourth-order valence-corrected chi connectivity index (χ4v) is 4.97. The number of ether oxygens (including phenoxy) is 1. The molecule has 1 heterocycles. The molecule has 1 atom stereocenters. The molecule has 0 bridgehead atoms. The Morgan fingerprint density at radius 2 is 1.52 bits per heavy atom. The van der Waals surface area contributed by atoms with Crippen LogP contribution in [0.1, 0.15) is 40.7 Å². The topological polar surface area (TPSA) is 197 Å². The molecule has 1 saturated carbocycles. The van der Waals surface area contributed by atoms with Gasteiger partial charge >= 0.3 is 30.0 Å². The number of anilines is 4. The van der Waals surface area contributed by atoms with E-state index in [0.717, 1.165) is 11.1 Å². The van der Waals surface area contributed by atoms with E-state index in [2.05, 4.69) is 41.5 Å². The van der Waals surface area contributed by atoms with Crippen molar-refractivity contribution in [1.29, 1.82) is 0 Å². The number of hydrogen-bond acceptors (Lipinski definition) is 10. The first kappa shape index (κ1) is 37.3. The second kappa shape index (κ2) is 15.9. The molecule has 14 nitrogen and oxygen atoms in total. The van der Waals surface area contributed by atoms with Crippen molar-refractivity contribution in [2.45, 2.75) is 43.9 Å². The number of halogens is 4. The summed E-state index contributed by atoms with van der Waals surface area (Å²) in [5, 5.41) is 23.3. The highest BCUT2D eigenvalue weighted by atomic mass is 35.5. The summed E-state index contributed by atoms with van der Waals surface area (Å²) < 4.78 is 43.5. The number of carbonyl (C=O) groups excluding carboxylic acids is 3. The van der Waals surface area contributed by atoms with Crippen LogP contribution in [0.15, 0.2) is 72.8 Å². The Kier molecular flexibility index (Phi) is 11.4. The summed E-state index contributed by atoms with van der Waals surface area (Å²) in [6.45, 7) is 0.0115. The van der Waals surface area contributed by atoms with Gasteiger partial charge in [-0.1, -0.05) is 41.4 Å². The molecule has 0 saturated heterocycles. The van der Waals surface area contributed by atoms with Crippen molar-refractivity contribution < 1.29 is 42.2 Å². The van der Waals surface area contributed by atoms with Crippen molar-refractivity contribution >= 4 is 58.6 Å². The standard InChI is InChI=1S/C34H32ClF3N8O6/c1-19-2-10-23(11-3-19)40-28(49)27(48)39-17-14-25(29(50)51)42-26(47)20-4-12-24(13-5-20)41-30-43-31(45-32(44-30)52-18-34(36,37)38)46-33(15-16-33)21-6-8-22(35)9-7-21/h2-13,25H,14-18H2,1H3,(H,39,48)(H,40,49)(H,42,47)(H,50,51)(H2,41,43,44,45,46)/t25-/m0/s1. The number of aryl methyl sites for hydroxylation is 1. The number of carboxylic acid groups (broad SMARTS) is 1. The predicted octanol–water partition coefficient (Wildman–Crippen LogP) is 4.95. The zero-order valence-electron chi connectivity index (χ0n) is 27.4. The highest BCUT2D eigenvalue weighted by Gasteiger charge is 2.45. The van der Waals surface area contributed by atoms with Gasteiger partial charge in [0.25, 0.3) is 5.91 Å². The maximum absolute atomic E-state index is 12.9. The highest BCUT2D eigenvalue weighted by Crippen LogP contribution is 2.48. The van der Waals surface area contributed by atoms with Crippen LogP contribution >= 0.6 is 11.6 Å².